The first-order valence-electron chi connectivity index (χ1n) is 6.77. The summed E-state index contributed by atoms with van der Waals surface area (Å²) in [5.41, 5.74) is 1.11. The van der Waals surface area contributed by atoms with Crippen LogP contribution in [0.2, 0.25) is 5.02 Å². The lowest BCUT2D eigenvalue weighted by atomic mass is 10.2. The van der Waals surface area contributed by atoms with E-state index in [9.17, 15) is 0 Å². The lowest BCUT2D eigenvalue weighted by Gasteiger charge is -2.24. The molecule has 0 unspecified atom stereocenters. The van der Waals surface area contributed by atoms with Crippen molar-refractivity contribution in [2.24, 2.45) is 0 Å². The van der Waals surface area contributed by atoms with E-state index in [4.69, 9.17) is 11.6 Å². The van der Waals surface area contributed by atoms with E-state index in [2.05, 4.69) is 41.1 Å². The van der Waals surface area contributed by atoms with Crippen LogP contribution in [-0.4, -0.2) is 50.7 Å². The maximum Gasteiger partial charge on any atom is 0.147 e. The van der Waals surface area contributed by atoms with E-state index in [1.54, 1.807) is 0 Å². The van der Waals surface area contributed by atoms with Crippen LogP contribution in [-0.2, 0) is 6.54 Å². The minimum absolute atomic E-state index is 0.736. The molecular formula is C14H25ClN4. The number of hydrogen-bond acceptors (Lipinski definition) is 4. The molecule has 0 amide bonds. The molecule has 0 radical (unpaired) electrons. The SMILES string of the molecule is CCN(CCCN(C)C)c1ncc(CNC)cc1Cl. The third-order valence-corrected chi connectivity index (χ3v) is 3.25. The average molecular weight is 285 g/mol. The van der Waals surface area contributed by atoms with E-state index >= 15 is 0 Å². The quantitative estimate of drug-likeness (QED) is 0.793. The van der Waals surface area contributed by atoms with Gasteiger partial charge in [0.25, 0.3) is 0 Å². The first-order valence-corrected chi connectivity index (χ1v) is 7.15. The van der Waals surface area contributed by atoms with Crippen molar-refractivity contribution in [1.82, 2.24) is 15.2 Å². The molecule has 0 bridgehead atoms. The first-order chi connectivity index (χ1) is 9.08. The molecule has 0 saturated carbocycles. The Morgan fingerprint density at radius 3 is 2.58 bits per heavy atom. The zero-order chi connectivity index (χ0) is 14.3. The van der Waals surface area contributed by atoms with Gasteiger partial charge in [-0.05, 0) is 52.7 Å². The van der Waals surface area contributed by atoms with Gasteiger partial charge >= 0.3 is 0 Å². The van der Waals surface area contributed by atoms with E-state index in [0.717, 1.165) is 49.0 Å². The van der Waals surface area contributed by atoms with Gasteiger partial charge in [0.15, 0.2) is 0 Å². The molecule has 4 nitrogen and oxygen atoms in total. The fraction of sp³-hybridized carbons (Fsp3) is 0.643. The molecule has 1 aromatic rings. The summed E-state index contributed by atoms with van der Waals surface area (Å²) < 4.78 is 0. The monoisotopic (exact) mass is 284 g/mol. The molecule has 0 spiro atoms. The second kappa shape index (κ2) is 8.35. The molecular weight excluding hydrogens is 260 g/mol. The summed E-state index contributed by atoms with van der Waals surface area (Å²) in [6.45, 7) is 5.90. The van der Waals surface area contributed by atoms with Crippen LogP contribution in [0, 0.1) is 0 Å². The third-order valence-electron chi connectivity index (χ3n) is 2.97. The smallest absolute Gasteiger partial charge is 0.147 e. The number of anilines is 1. The molecule has 0 saturated heterocycles. The lowest BCUT2D eigenvalue weighted by molar-refractivity contribution is 0.400. The number of hydrogen-bond donors (Lipinski definition) is 1. The molecule has 0 aliphatic carbocycles. The maximum absolute atomic E-state index is 6.34. The highest BCUT2D eigenvalue weighted by Gasteiger charge is 2.11. The van der Waals surface area contributed by atoms with Crippen LogP contribution in [0.25, 0.3) is 0 Å². The molecule has 1 rings (SSSR count). The topological polar surface area (TPSA) is 31.4 Å². The zero-order valence-corrected chi connectivity index (χ0v) is 13.2. The van der Waals surface area contributed by atoms with Crippen LogP contribution >= 0.6 is 11.6 Å². The van der Waals surface area contributed by atoms with Crippen LogP contribution in [0.1, 0.15) is 18.9 Å². The van der Waals surface area contributed by atoms with E-state index in [1.165, 1.54) is 0 Å². The Bertz CT molecular complexity index is 382. The van der Waals surface area contributed by atoms with Crippen molar-refractivity contribution in [3.8, 4) is 0 Å². The highest BCUT2D eigenvalue weighted by molar-refractivity contribution is 6.33. The maximum atomic E-state index is 6.34. The minimum Gasteiger partial charge on any atom is -0.356 e. The number of nitrogens with one attached hydrogen (secondary N) is 1. The van der Waals surface area contributed by atoms with Crippen molar-refractivity contribution in [2.75, 3.05) is 45.7 Å². The van der Waals surface area contributed by atoms with Crippen molar-refractivity contribution in [2.45, 2.75) is 19.9 Å². The van der Waals surface area contributed by atoms with Gasteiger partial charge in [0.2, 0.25) is 0 Å². The van der Waals surface area contributed by atoms with Crippen molar-refractivity contribution >= 4 is 17.4 Å². The van der Waals surface area contributed by atoms with E-state index in [1.807, 2.05) is 19.3 Å². The van der Waals surface area contributed by atoms with Crippen LogP contribution in [0.15, 0.2) is 12.3 Å². The number of aromatic nitrogens is 1. The second-order valence-electron chi connectivity index (χ2n) is 4.92. The Labute approximate surface area is 121 Å². The zero-order valence-electron chi connectivity index (χ0n) is 12.4. The molecule has 0 aliphatic rings. The molecule has 0 aromatic carbocycles. The summed E-state index contributed by atoms with van der Waals surface area (Å²) in [6, 6.07) is 2.00. The van der Waals surface area contributed by atoms with Gasteiger partial charge in [0.1, 0.15) is 5.82 Å². The van der Waals surface area contributed by atoms with Gasteiger partial charge in [-0.15, -0.1) is 0 Å². The largest absolute Gasteiger partial charge is 0.356 e. The lowest BCUT2D eigenvalue weighted by Crippen LogP contribution is -2.28. The average Bonchev–Trinajstić information content (AvgIpc) is 2.36. The van der Waals surface area contributed by atoms with Gasteiger partial charge in [0.05, 0.1) is 5.02 Å². The normalized spacial score (nSPS) is 11.1. The van der Waals surface area contributed by atoms with Crippen molar-refractivity contribution in [3.05, 3.63) is 22.8 Å². The second-order valence-corrected chi connectivity index (χ2v) is 5.32. The predicted molar refractivity (Wildman–Crippen MR) is 83.1 cm³/mol. The summed E-state index contributed by atoms with van der Waals surface area (Å²) in [5.74, 6) is 0.891. The Balaban J connectivity index is 2.69. The fourth-order valence-electron chi connectivity index (χ4n) is 2.00. The van der Waals surface area contributed by atoms with E-state index in [0.29, 0.717) is 0 Å². The van der Waals surface area contributed by atoms with Crippen LogP contribution < -0.4 is 10.2 Å². The standard InChI is InChI=1S/C14H25ClN4/c1-5-19(8-6-7-18(3)4)14-13(15)9-12(10-16-2)11-17-14/h9,11,16H,5-8,10H2,1-4H3. The van der Waals surface area contributed by atoms with Crippen LogP contribution in [0.4, 0.5) is 5.82 Å². The molecule has 5 heteroatoms. The van der Waals surface area contributed by atoms with E-state index in [-0.39, 0.29) is 0 Å². The van der Waals surface area contributed by atoms with Gasteiger partial charge in [0, 0.05) is 25.8 Å². The molecule has 108 valence electrons. The van der Waals surface area contributed by atoms with Crippen molar-refractivity contribution < 1.29 is 0 Å². The van der Waals surface area contributed by atoms with E-state index < -0.39 is 0 Å². The summed E-state index contributed by atoms with van der Waals surface area (Å²) >= 11 is 6.34. The molecule has 1 aromatic heterocycles. The Kier molecular flexibility index (Phi) is 7.13. The number of pyridine rings is 1. The van der Waals surface area contributed by atoms with Gasteiger partial charge in [-0.2, -0.15) is 0 Å². The van der Waals surface area contributed by atoms with Crippen molar-refractivity contribution in [1.29, 1.82) is 0 Å². The van der Waals surface area contributed by atoms with Gasteiger partial charge in [-0.3, -0.25) is 0 Å². The Morgan fingerprint density at radius 1 is 1.32 bits per heavy atom. The summed E-state index contributed by atoms with van der Waals surface area (Å²) in [6.07, 6.45) is 3.00. The molecule has 19 heavy (non-hydrogen) atoms. The Morgan fingerprint density at radius 2 is 2.05 bits per heavy atom. The highest BCUT2D eigenvalue weighted by atomic mass is 35.5. The summed E-state index contributed by atoms with van der Waals surface area (Å²) in [4.78, 5) is 8.93. The minimum atomic E-state index is 0.736. The van der Waals surface area contributed by atoms with Gasteiger partial charge in [-0.1, -0.05) is 11.6 Å². The number of halogens is 1. The summed E-state index contributed by atoms with van der Waals surface area (Å²) in [7, 11) is 6.10. The molecule has 1 heterocycles. The molecule has 0 aliphatic heterocycles. The summed E-state index contributed by atoms with van der Waals surface area (Å²) in [5, 5.41) is 3.84. The Hall–Kier alpha value is -0.840. The highest BCUT2D eigenvalue weighted by Crippen LogP contribution is 2.24. The number of nitrogens with zero attached hydrogens (tertiary/aromatic N) is 3. The third kappa shape index (κ3) is 5.35. The molecule has 0 fully saturated rings. The fourth-order valence-corrected chi connectivity index (χ4v) is 2.30. The predicted octanol–water partition coefficient (Wildman–Crippen LogP) is 2.23. The van der Waals surface area contributed by atoms with Crippen LogP contribution in [0.5, 0.6) is 0 Å². The first kappa shape index (κ1) is 16.2. The molecule has 0 atom stereocenters. The van der Waals surface area contributed by atoms with Gasteiger partial charge < -0.3 is 15.1 Å². The van der Waals surface area contributed by atoms with Gasteiger partial charge in [-0.25, -0.2) is 4.98 Å². The van der Waals surface area contributed by atoms with Crippen molar-refractivity contribution in [3.63, 3.8) is 0 Å². The number of rotatable bonds is 8. The molecule has 1 N–H and O–H groups in total. The van der Waals surface area contributed by atoms with Crippen LogP contribution in [0.3, 0.4) is 0 Å².